The summed E-state index contributed by atoms with van der Waals surface area (Å²) in [5.74, 6) is 0.0450. The number of nitrogens with one attached hydrogen (secondary N) is 2. The molecule has 4 nitrogen and oxygen atoms in total. The molecule has 1 heterocycles. The lowest BCUT2D eigenvalue weighted by molar-refractivity contribution is -0.121. The number of likely N-dealkylation sites (N-methyl/N-ethyl adjacent to an activating group) is 1. The average Bonchev–Trinajstić information content (AvgIpc) is 2.60. The van der Waals surface area contributed by atoms with Crippen molar-refractivity contribution in [3.8, 4) is 0 Å². The molecule has 2 N–H and O–H groups in total. The third kappa shape index (κ3) is 3.64. The molecule has 82 valence electrons. The van der Waals surface area contributed by atoms with Crippen molar-refractivity contribution in [2.75, 3.05) is 26.2 Å². The van der Waals surface area contributed by atoms with Crippen LogP contribution in [0.5, 0.6) is 0 Å². The Labute approximate surface area is 85.4 Å². The van der Waals surface area contributed by atoms with E-state index in [1.165, 1.54) is 0 Å². The molecular weight excluding hydrogens is 180 g/mol. The van der Waals surface area contributed by atoms with Crippen LogP contribution in [-0.4, -0.2) is 37.7 Å². The van der Waals surface area contributed by atoms with Crippen molar-refractivity contribution < 1.29 is 9.53 Å². The molecule has 0 radical (unpaired) electrons. The molecule has 1 saturated heterocycles. The van der Waals surface area contributed by atoms with Gasteiger partial charge in [-0.3, -0.25) is 4.79 Å². The van der Waals surface area contributed by atoms with E-state index >= 15 is 0 Å². The molecule has 1 unspecified atom stereocenters. The Balaban J connectivity index is 2.15. The maximum absolute atomic E-state index is 11.3. The highest BCUT2D eigenvalue weighted by molar-refractivity contribution is 5.78. The molecule has 0 aromatic heterocycles. The van der Waals surface area contributed by atoms with Gasteiger partial charge in [0.05, 0.1) is 12.1 Å². The molecule has 1 atom stereocenters. The maximum atomic E-state index is 11.3. The van der Waals surface area contributed by atoms with Crippen molar-refractivity contribution in [2.45, 2.75) is 32.3 Å². The Hall–Kier alpha value is -0.610. The largest absolute Gasteiger partial charge is 0.373 e. The lowest BCUT2D eigenvalue weighted by Crippen LogP contribution is -2.43. The monoisotopic (exact) mass is 200 g/mol. The third-order valence-electron chi connectivity index (χ3n) is 2.50. The van der Waals surface area contributed by atoms with Crippen molar-refractivity contribution in [3.05, 3.63) is 0 Å². The molecular formula is C10H20N2O2. The minimum Gasteiger partial charge on any atom is -0.373 e. The molecule has 1 aliphatic heterocycles. The normalized spacial score (nSPS) is 26.4. The van der Waals surface area contributed by atoms with Gasteiger partial charge in [-0.05, 0) is 26.3 Å². The molecule has 1 rings (SSSR count). The second-order valence-corrected chi connectivity index (χ2v) is 3.96. The highest BCUT2D eigenvalue weighted by Gasteiger charge is 2.29. The summed E-state index contributed by atoms with van der Waals surface area (Å²) in [4.78, 5) is 11.3. The first kappa shape index (κ1) is 11.5. The van der Waals surface area contributed by atoms with Gasteiger partial charge in [-0.2, -0.15) is 0 Å². The summed E-state index contributed by atoms with van der Waals surface area (Å²) in [7, 11) is 0. The van der Waals surface area contributed by atoms with E-state index in [0.29, 0.717) is 13.1 Å². The van der Waals surface area contributed by atoms with Crippen LogP contribution in [0, 0.1) is 0 Å². The van der Waals surface area contributed by atoms with Gasteiger partial charge in [-0.25, -0.2) is 0 Å². The zero-order valence-electron chi connectivity index (χ0n) is 9.06. The van der Waals surface area contributed by atoms with E-state index in [2.05, 4.69) is 10.6 Å². The summed E-state index contributed by atoms with van der Waals surface area (Å²) in [6.07, 6.45) is 2.13. The number of hydrogen-bond acceptors (Lipinski definition) is 3. The number of carbonyl (C=O) groups excluding carboxylic acids is 1. The van der Waals surface area contributed by atoms with Crippen molar-refractivity contribution in [1.29, 1.82) is 0 Å². The van der Waals surface area contributed by atoms with E-state index in [1.54, 1.807) is 0 Å². The SMILES string of the molecule is CCNCC(=O)NCC1(C)CCCO1. The van der Waals surface area contributed by atoms with E-state index in [4.69, 9.17) is 4.74 Å². The summed E-state index contributed by atoms with van der Waals surface area (Å²) in [6, 6.07) is 0. The van der Waals surface area contributed by atoms with E-state index < -0.39 is 0 Å². The Morgan fingerprint density at radius 2 is 2.36 bits per heavy atom. The molecule has 0 aromatic rings. The molecule has 14 heavy (non-hydrogen) atoms. The Kier molecular flexibility index (Phi) is 4.35. The fraction of sp³-hybridized carbons (Fsp3) is 0.900. The standard InChI is InChI=1S/C10H20N2O2/c1-3-11-7-9(13)12-8-10(2)5-4-6-14-10/h11H,3-8H2,1-2H3,(H,12,13). The van der Waals surface area contributed by atoms with E-state index in [-0.39, 0.29) is 11.5 Å². The molecule has 0 bridgehead atoms. The smallest absolute Gasteiger partial charge is 0.234 e. The highest BCUT2D eigenvalue weighted by Crippen LogP contribution is 2.23. The van der Waals surface area contributed by atoms with E-state index in [9.17, 15) is 4.79 Å². The van der Waals surface area contributed by atoms with Crippen LogP contribution in [-0.2, 0) is 9.53 Å². The van der Waals surface area contributed by atoms with Crippen molar-refractivity contribution in [1.82, 2.24) is 10.6 Å². The van der Waals surface area contributed by atoms with E-state index in [1.807, 2.05) is 13.8 Å². The first-order valence-corrected chi connectivity index (χ1v) is 5.28. The number of carbonyl (C=O) groups is 1. The van der Waals surface area contributed by atoms with Gasteiger partial charge in [0.15, 0.2) is 0 Å². The van der Waals surface area contributed by atoms with Crippen LogP contribution in [0.4, 0.5) is 0 Å². The Bertz CT molecular complexity index is 189. The fourth-order valence-electron chi connectivity index (χ4n) is 1.56. The molecule has 1 amide bonds. The van der Waals surface area contributed by atoms with Crippen LogP contribution in [0.2, 0.25) is 0 Å². The average molecular weight is 200 g/mol. The number of ether oxygens (including phenoxy) is 1. The summed E-state index contributed by atoms with van der Waals surface area (Å²) in [5, 5.41) is 5.86. The van der Waals surface area contributed by atoms with Crippen LogP contribution in [0.3, 0.4) is 0 Å². The minimum atomic E-state index is -0.137. The predicted octanol–water partition coefficient (Wildman–Crippen LogP) is 0.281. The van der Waals surface area contributed by atoms with Gasteiger partial charge in [0.1, 0.15) is 0 Å². The van der Waals surface area contributed by atoms with Crippen LogP contribution in [0.15, 0.2) is 0 Å². The second-order valence-electron chi connectivity index (χ2n) is 3.96. The molecule has 0 saturated carbocycles. The third-order valence-corrected chi connectivity index (χ3v) is 2.50. The van der Waals surface area contributed by atoms with Gasteiger partial charge in [0, 0.05) is 13.2 Å². The summed E-state index contributed by atoms with van der Waals surface area (Å²) in [5.41, 5.74) is -0.137. The lowest BCUT2D eigenvalue weighted by Gasteiger charge is -2.23. The quantitative estimate of drug-likeness (QED) is 0.670. The van der Waals surface area contributed by atoms with Gasteiger partial charge in [-0.15, -0.1) is 0 Å². The zero-order chi connectivity index (χ0) is 10.4. The van der Waals surface area contributed by atoms with Crippen molar-refractivity contribution in [3.63, 3.8) is 0 Å². The van der Waals surface area contributed by atoms with Gasteiger partial charge in [0.2, 0.25) is 5.91 Å². The topological polar surface area (TPSA) is 50.4 Å². The number of hydrogen-bond donors (Lipinski definition) is 2. The lowest BCUT2D eigenvalue weighted by atomic mass is 10.0. The van der Waals surface area contributed by atoms with E-state index in [0.717, 1.165) is 26.0 Å². The van der Waals surface area contributed by atoms with Gasteiger partial charge in [-0.1, -0.05) is 6.92 Å². The zero-order valence-corrected chi connectivity index (χ0v) is 9.06. The molecule has 1 fully saturated rings. The summed E-state index contributed by atoms with van der Waals surface area (Å²) < 4.78 is 5.56. The first-order valence-electron chi connectivity index (χ1n) is 5.28. The molecule has 4 heteroatoms. The van der Waals surface area contributed by atoms with Gasteiger partial charge in [0.25, 0.3) is 0 Å². The fourth-order valence-corrected chi connectivity index (χ4v) is 1.56. The minimum absolute atomic E-state index is 0.0450. The van der Waals surface area contributed by atoms with Gasteiger partial charge < -0.3 is 15.4 Å². The first-order chi connectivity index (χ1) is 6.66. The van der Waals surface area contributed by atoms with Crippen LogP contribution in [0.25, 0.3) is 0 Å². The number of amides is 1. The maximum Gasteiger partial charge on any atom is 0.234 e. The van der Waals surface area contributed by atoms with Crippen LogP contribution in [0.1, 0.15) is 26.7 Å². The van der Waals surface area contributed by atoms with Gasteiger partial charge >= 0.3 is 0 Å². The molecule has 0 spiro atoms. The Morgan fingerprint density at radius 1 is 1.57 bits per heavy atom. The van der Waals surface area contributed by atoms with Crippen molar-refractivity contribution in [2.24, 2.45) is 0 Å². The molecule has 0 aliphatic carbocycles. The van der Waals surface area contributed by atoms with Crippen molar-refractivity contribution >= 4 is 5.91 Å². The van der Waals surface area contributed by atoms with Crippen LogP contribution < -0.4 is 10.6 Å². The van der Waals surface area contributed by atoms with Crippen LogP contribution >= 0.6 is 0 Å². The number of rotatable bonds is 5. The molecule has 1 aliphatic rings. The predicted molar refractivity (Wildman–Crippen MR) is 55.1 cm³/mol. The molecule has 0 aromatic carbocycles. The highest BCUT2D eigenvalue weighted by atomic mass is 16.5. The summed E-state index contributed by atoms with van der Waals surface area (Å²) in [6.45, 7) is 6.69. The Morgan fingerprint density at radius 3 is 2.93 bits per heavy atom. The second kappa shape index (κ2) is 5.32. The summed E-state index contributed by atoms with van der Waals surface area (Å²) >= 11 is 0.